The summed E-state index contributed by atoms with van der Waals surface area (Å²) in [5, 5.41) is 15.5. The average molecular weight is 526 g/mol. The first kappa shape index (κ1) is 24.4. The van der Waals surface area contributed by atoms with Crippen molar-refractivity contribution in [3.63, 3.8) is 0 Å². The van der Waals surface area contributed by atoms with E-state index in [1.165, 1.54) is 18.4 Å². The molecule has 0 bridgehead atoms. The largest absolute Gasteiger partial charge is 0.493 e. The van der Waals surface area contributed by atoms with Gasteiger partial charge < -0.3 is 19.9 Å². The average Bonchev–Trinajstić information content (AvgIpc) is 3.14. The fraction of sp³-hybridized carbons (Fsp3) is 0.591. The van der Waals surface area contributed by atoms with Crippen molar-refractivity contribution >= 4 is 29.9 Å². The summed E-state index contributed by atoms with van der Waals surface area (Å²) in [6.07, 6.45) is 3.40. The Kier molecular flexibility index (Phi) is 9.87. The van der Waals surface area contributed by atoms with Crippen molar-refractivity contribution in [1.82, 2.24) is 25.4 Å². The van der Waals surface area contributed by atoms with Gasteiger partial charge in [0.2, 0.25) is 0 Å². The highest BCUT2D eigenvalue weighted by atomic mass is 127. The molecule has 0 saturated carbocycles. The third kappa shape index (κ3) is 6.85. The molecule has 1 aromatic carbocycles. The molecule has 3 rings (SSSR count). The molecule has 7 nitrogen and oxygen atoms in total. The molecular weight excluding hydrogens is 491 g/mol. The van der Waals surface area contributed by atoms with Crippen LogP contribution in [0.4, 0.5) is 0 Å². The fourth-order valence-corrected chi connectivity index (χ4v) is 3.36. The van der Waals surface area contributed by atoms with E-state index in [9.17, 15) is 0 Å². The van der Waals surface area contributed by atoms with E-state index in [2.05, 4.69) is 65.2 Å². The van der Waals surface area contributed by atoms with Crippen molar-refractivity contribution in [1.29, 1.82) is 0 Å². The Bertz CT molecular complexity index is 802. The summed E-state index contributed by atoms with van der Waals surface area (Å²) in [4.78, 5) is 4.74. The summed E-state index contributed by atoms with van der Waals surface area (Å²) in [5.74, 6) is 4.24. The van der Waals surface area contributed by atoms with Crippen molar-refractivity contribution in [3.8, 4) is 5.75 Å². The van der Waals surface area contributed by atoms with E-state index in [-0.39, 0.29) is 30.0 Å². The highest BCUT2D eigenvalue weighted by molar-refractivity contribution is 14.0. The molecule has 166 valence electrons. The van der Waals surface area contributed by atoms with E-state index in [0.29, 0.717) is 12.5 Å². The van der Waals surface area contributed by atoms with Crippen LogP contribution >= 0.6 is 24.0 Å². The van der Waals surface area contributed by atoms with Gasteiger partial charge in [0.05, 0.1) is 12.6 Å². The molecule has 8 heteroatoms. The minimum absolute atomic E-state index is 0. The number of aromatic nitrogens is 3. The summed E-state index contributed by atoms with van der Waals surface area (Å²) in [6, 6.07) is 8.39. The SMILES string of the molecule is CCNC(=NCc1nnc2n1CCCC2)NC(C)c1ccc(OCC(C)C)cc1.I. The first-order valence-electron chi connectivity index (χ1n) is 10.8. The van der Waals surface area contributed by atoms with Crippen LogP contribution < -0.4 is 15.4 Å². The molecule has 2 N–H and O–H groups in total. The normalized spacial score (nSPS) is 14.6. The van der Waals surface area contributed by atoms with Crippen LogP contribution in [0, 0.1) is 5.92 Å². The van der Waals surface area contributed by atoms with Crippen LogP contribution in [0.15, 0.2) is 29.3 Å². The number of ether oxygens (including phenoxy) is 1. The zero-order valence-corrected chi connectivity index (χ0v) is 20.8. The lowest BCUT2D eigenvalue weighted by Gasteiger charge is -2.19. The van der Waals surface area contributed by atoms with Gasteiger partial charge in [0.25, 0.3) is 0 Å². The molecule has 0 amide bonds. The summed E-state index contributed by atoms with van der Waals surface area (Å²) in [6.45, 7) is 11.6. The number of guanidine groups is 1. The number of benzene rings is 1. The molecule has 2 heterocycles. The number of fused-ring (bicyclic) bond motifs is 1. The number of nitrogens with one attached hydrogen (secondary N) is 2. The molecule has 30 heavy (non-hydrogen) atoms. The number of aliphatic imine (C=N–C) groups is 1. The number of halogens is 1. The third-order valence-corrected chi connectivity index (χ3v) is 4.98. The van der Waals surface area contributed by atoms with Crippen LogP contribution in [-0.4, -0.2) is 33.9 Å². The maximum Gasteiger partial charge on any atom is 0.192 e. The summed E-state index contributed by atoms with van der Waals surface area (Å²) >= 11 is 0. The lowest BCUT2D eigenvalue weighted by atomic mass is 10.1. The molecular formula is C22H35IN6O. The molecule has 1 aliphatic rings. The standard InChI is InChI=1S/C22H34N6O.HI/c1-5-23-22(24-14-21-27-26-20-8-6-7-13-28(20)21)25-17(4)18-9-11-19(12-10-18)29-15-16(2)3;/h9-12,16-17H,5-8,13-15H2,1-4H3,(H2,23,24,25);1H. The molecule has 1 aromatic heterocycles. The van der Waals surface area contributed by atoms with E-state index in [1.54, 1.807) is 0 Å². The van der Waals surface area contributed by atoms with Gasteiger partial charge in [-0.05, 0) is 50.3 Å². The second-order valence-electron chi connectivity index (χ2n) is 7.98. The Morgan fingerprint density at radius 2 is 1.93 bits per heavy atom. The van der Waals surface area contributed by atoms with Crippen LogP contribution in [0.25, 0.3) is 0 Å². The number of nitrogens with zero attached hydrogens (tertiary/aromatic N) is 4. The van der Waals surface area contributed by atoms with Crippen LogP contribution in [-0.2, 0) is 19.5 Å². The number of hydrogen-bond acceptors (Lipinski definition) is 4. The van der Waals surface area contributed by atoms with Crippen molar-refractivity contribution in [2.45, 2.75) is 66.1 Å². The monoisotopic (exact) mass is 526 g/mol. The van der Waals surface area contributed by atoms with Crippen LogP contribution in [0.3, 0.4) is 0 Å². The summed E-state index contributed by atoms with van der Waals surface area (Å²) in [7, 11) is 0. The number of hydrogen-bond donors (Lipinski definition) is 2. The summed E-state index contributed by atoms with van der Waals surface area (Å²) < 4.78 is 7.99. The Labute approximate surface area is 197 Å². The third-order valence-electron chi connectivity index (χ3n) is 4.98. The van der Waals surface area contributed by atoms with E-state index < -0.39 is 0 Å². The van der Waals surface area contributed by atoms with E-state index >= 15 is 0 Å². The topological polar surface area (TPSA) is 76.4 Å². The predicted octanol–water partition coefficient (Wildman–Crippen LogP) is 4.08. The molecule has 1 unspecified atom stereocenters. The van der Waals surface area contributed by atoms with Gasteiger partial charge in [-0.3, -0.25) is 0 Å². The van der Waals surface area contributed by atoms with Gasteiger partial charge >= 0.3 is 0 Å². The highest BCUT2D eigenvalue weighted by Gasteiger charge is 2.15. The van der Waals surface area contributed by atoms with Crippen LogP contribution in [0.5, 0.6) is 5.75 Å². The smallest absolute Gasteiger partial charge is 0.192 e. The van der Waals surface area contributed by atoms with Gasteiger partial charge in [0.15, 0.2) is 11.8 Å². The Morgan fingerprint density at radius 3 is 2.63 bits per heavy atom. The molecule has 0 fully saturated rings. The van der Waals surface area contributed by atoms with Crippen molar-refractivity contribution < 1.29 is 4.74 Å². The zero-order valence-electron chi connectivity index (χ0n) is 18.5. The molecule has 0 saturated heterocycles. The van der Waals surface area contributed by atoms with E-state index in [1.807, 2.05) is 12.1 Å². The molecule has 1 aliphatic heterocycles. The summed E-state index contributed by atoms with van der Waals surface area (Å²) in [5.41, 5.74) is 1.19. The lowest BCUT2D eigenvalue weighted by Crippen LogP contribution is -2.38. The first-order valence-corrected chi connectivity index (χ1v) is 10.8. The minimum atomic E-state index is 0. The fourth-order valence-electron chi connectivity index (χ4n) is 3.36. The van der Waals surface area contributed by atoms with Crippen molar-refractivity contribution in [3.05, 3.63) is 41.5 Å². The highest BCUT2D eigenvalue weighted by Crippen LogP contribution is 2.18. The molecule has 0 radical (unpaired) electrons. The van der Waals surface area contributed by atoms with Gasteiger partial charge in [-0.15, -0.1) is 34.2 Å². The van der Waals surface area contributed by atoms with Crippen molar-refractivity contribution in [2.75, 3.05) is 13.2 Å². The Morgan fingerprint density at radius 1 is 1.17 bits per heavy atom. The molecule has 0 spiro atoms. The van der Waals surface area contributed by atoms with Crippen molar-refractivity contribution in [2.24, 2.45) is 10.9 Å². The quantitative estimate of drug-likeness (QED) is 0.308. The van der Waals surface area contributed by atoms with Crippen LogP contribution in [0.1, 0.15) is 63.8 Å². The van der Waals surface area contributed by atoms with Gasteiger partial charge in [0, 0.05) is 19.5 Å². The maximum atomic E-state index is 5.78. The maximum absolute atomic E-state index is 5.78. The van der Waals surface area contributed by atoms with Crippen LogP contribution in [0.2, 0.25) is 0 Å². The van der Waals surface area contributed by atoms with Gasteiger partial charge in [-0.25, -0.2) is 4.99 Å². The predicted molar refractivity (Wildman–Crippen MR) is 132 cm³/mol. The minimum Gasteiger partial charge on any atom is -0.493 e. The van der Waals surface area contributed by atoms with Gasteiger partial charge in [-0.2, -0.15) is 0 Å². The van der Waals surface area contributed by atoms with E-state index in [0.717, 1.165) is 49.5 Å². The molecule has 1 atom stereocenters. The zero-order chi connectivity index (χ0) is 20.6. The number of aryl methyl sites for hydroxylation is 1. The lowest BCUT2D eigenvalue weighted by molar-refractivity contribution is 0.271. The Hall–Kier alpha value is -1.84. The second kappa shape index (κ2) is 12.1. The van der Waals surface area contributed by atoms with E-state index in [4.69, 9.17) is 9.73 Å². The Balaban J connectivity index is 0.00000320. The van der Waals surface area contributed by atoms with Gasteiger partial charge in [-0.1, -0.05) is 26.0 Å². The molecule has 0 aliphatic carbocycles. The number of rotatable bonds is 8. The first-order chi connectivity index (χ1) is 14.1. The van der Waals surface area contributed by atoms with Gasteiger partial charge in [0.1, 0.15) is 18.1 Å². The second-order valence-corrected chi connectivity index (χ2v) is 7.98. The molecule has 2 aromatic rings.